The van der Waals surface area contributed by atoms with Crippen LogP contribution in [0.15, 0.2) is 30.6 Å². The Balaban J connectivity index is 1.24. The zero-order valence-electron chi connectivity index (χ0n) is 14.7. The van der Waals surface area contributed by atoms with Crippen molar-refractivity contribution in [1.82, 2.24) is 25.4 Å². The number of halogens is 1. The van der Waals surface area contributed by atoms with Crippen molar-refractivity contribution in [2.45, 2.75) is 44.8 Å². The van der Waals surface area contributed by atoms with Gasteiger partial charge >= 0.3 is 0 Å². The lowest BCUT2D eigenvalue weighted by Gasteiger charge is -2.32. The minimum Gasteiger partial charge on any atom is -0.341 e. The molecule has 7 heteroatoms. The highest BCUT2D eigenvalue weighted by atomic mass is 35.5. The van der Waals surface area contributed by atoms with Gasteiger partial charge in [-0.3, -0.25) is 10.1 Å². The fraction of sp³-hybridized carbons (Fsp3) is 0.526. The molecule has 138 valence electrons. The molecule has 0 saturated carbocycles. The zero-order chi connectivity index (χ0) is 17.9. The first-order valence-corrected chi connectivity index (χ1v) is 9.70. The zero-order valence-corrected chi connectivity index (χ0v) is 15.5. The Morgan fingerprint density at radius 2 is 2.27 bits per heavy atom. The Bertz CT molecular complexity index is 769. The predicted molar refractivity (Wildman–Crippen MR) is 99.6 cm³/mol. The molecule has 2 aliphatic rings. The lowest BCUT2D eigenvalue weighted by atomic mass is 9.91. The summed E-state index contributed by atoms with van der Waals surface area (Å²) in [6, 6.07) is 8.07. The van der Waals surface area contributed by atoms with E-state index in [0.717, 1.165) is 49.6 Å². The van der Waals surface area contributed by atoms with Gasteiger partial charge in [-0.25, -0.2) is 0 Å². The fourth-order valence-corrected chi connectivity index (χ4v) is 4.18. The van der Waals surface area contributed by atoms with Gasteiger partial charge in [0, 0.05) is 30.5 Å². The van der Waals surface area contributed by atoms with Gasteiger partial charge in [0.2, 0.25) is 5.91 Å². The van der Waals surface area contributed by atoms with E-state index in [0.29, 0.717) is 12.3 Å². The second-order valence-electron chi connectivity index (χ2n) is 7.38. The summed E-state index contributed by atoms with van der Waals surface area (Å²) in [5, 5.41) is 15.5. The van der Waals surface area contributed by atoms with E-state index in [1.807, 2.05) is 22.8 Å². The molecule has 0 spiro atoms. The molecular formula is C19H24ClN5O. The van der Waals surface area contributed by atoms with Crippen LogP contribution in [0.3, 0.4) is 0 Å². The molecule has 1 aromatic carbocycles. The molecule has 4 rings (SSSR count). The number of hydrogen-bond donors (Lipinski definition) is 2. The van der Waals surface area contributed by atoms with Crippen LogP contribution in [0.1, 0.15) is 30.7 Å². The average Bonchev–Trinajstić information content (AvgIpc) is 3.11. The van der Waals surface area contributed by atoms with E-state index in [9.17, 15) is 4.79 Å². The first-order valence-electron chi connectivity index (χ1n) is 9.32. The summed E-state index contributed by atoms with van der Waals surface area (Å²) in [4.78, 5) is 12.6. The largest absolute Gasteiger partial charge is 0.341 e. The lowest BCUT2D eigenvalue weighted by molar-refractivity contribution is -0.126. The van der Waals surface area contributed by atoms with E-state index < -0.39 is 0 Å². The fourth-order valence-electron chi connectivity index (χ4n) is 3.96. The highest BCUT2D eigenvalue weighted by Gasteiger charge is 2.28. The van der Waals surface area contributed by atoms with Crippen molar-refractivity contribution in [3.63, 3.8) is 0 Å². The maximum absolute atomic E-state index is 12.6. The molecule has 2 N–H and O–H groups in total. The third-order valence-corrected chi connectivity index (χ3v) is 5.70. The number of amides is 1. The number of carbonyl (C=O) groups excluding carboxylic acids is 1. The Labute approximate surface area is 158 Å². The number of aromatic nitrogens is 3. The van der Waals surface area contributed by atoms with Gasteiger partial charge in [0.25, 0.3) is 0 Å². The van der Waals surface area contributed by atoms with E-state index in [4.69, 9.17) is 11.6 Å². The van der Waals surface area contributed by atoms with Gasteiger partial charge in [-0.05, 0) is 49.3 Å². The highest BCUT2D eigenvalue weighted by molar-refractivity contribution is 6.30. The van der Waals surface area contributed by atoms with Crippen molar-refractivity contribution < 1.29 is 4.79 Å². The summed E-state index contributed by atoms with van der Waals surface area (Å²) in [6.07, 6.45) is 6.41. The minimum atomic E-state index is -0.00214. The summed E-state index contributed by atoms with van der Waals surface area (Å²) >= 11 is 6.07. The molecule has 3 heterocycles. The Morgan fingerprint density at radius 3 is 3.08 bits per heavy atom. The van der Waals surface area contributed by atoms with Crippen molar-refractivity contribution in [3.8, 4) is 0 Å². The van der Waals surface area contributed by atoms with Gasteiger partial charge in [0.1, 0.15) is 12.2 Å². The van der Waals surface area contributed by atoms with Gasteiger partial charge in [0.05, 0.1) is 6.17 Å². The molecule has 1 aromatic heterocycles. The van der Waals surface area contributed by atoms with Crippen LogP contribution in [0.4, 0.5) is 0 Å². The van der Waals surface area contributed by atoms with Crippen LogP contribution in [0, 0.1) is 11.8 Å². The van der Waals surface area contributed by atoms with Gasteiger partial charge in [-0.15, -0.1) is 10.2 Å². The molecule has 3 atom stereocenters. The standard InChI is InChI=1S/C19H24ClN5O/c20-16-3-1-2-13(9-16)8-14-4-5-17(21-11-14)23-19(26)15-6-7-25-12-22-24-18(25)10-15/h1-3,9,12,14-15,17,21H,4-8,10-11H2,(H,23,26). The molecule has 2 aromatic rings. The summed E-state index contributed by atoms with van der Waals surface area (Å²) in [7, 11) is 0. The number of nitrogens with one attached hydrogen (secondary N) is 2. The van der Waals surface area contributed by atoms with Crippen molar-refractivity contribution in [1.29, 1.82) is 0 Å². The number of carbonyl (C=O) groups is 1. The second kappa shape index (κ2) is 7.76. The number of benzene rings is 1. The number of piperidine rings is 1. The number of hydrogen-bond acceptors (Lipinski definition) is 4. The van der Waals surface area contributed by atoms with Crippen LogP contribution in [0.25, 0.3) is 0 Å². The smallest absolute Gasteiger partial charge is 0.224 e. The second-order valence-corrected chi connectivity index (χ2v) is 7.81. The summed E-state index contributed by atoms with van der Waals surface area (Å²) < 4.78 is 2.03. The van der Waals surface area contributed by atoms with Crippen molar-refractivity contribution in [2.24, 2.45) is 11.8 Å². The molecule has 1 amide bonds. The molecule has 6 nitrogen and oxygen atoms in total. The maximum Gasteiger partial charge on any atom is 0.224 e. The predicted octanol–water partition coefficient (Wildman–Crippen LogP) is 2.18. The number of rotatable bonds is 4. The van der Waals surface area contributed by atoms with Crippen LogP contribution in [-0.2, 0) is 24.2 Å². The van der Waals surface area contributed by atoms with E-state index in [1.54, 1.807) is 6.33 Å². The minimum absolute atomic E-state index is 0.00214. The van der Waals surface area contributed by atoms with Crippen LogP contribution < -0.4 is 10.6 Å². The first-order chi connectivity index (χ1) is 12.7. The van der Waals surface area contributed by atoms with E-state index in [2.05, 4.69) is 26.9 Å². The average molecular weight is 374 g/mol. The Kier molecular flexibility index (Phi) is 5.22. The normalized spacial score (nSPS) is 25.5. The highest BCUT2D eigenvalue weighted by Crippen LogP contribution is 2.22. The van der Waals surface area contributed by atoms with Crippen LogP contribution in [-0.4, -0.2) is 33.4 Å². The van der Waals surface area contributed by atoms with Crippen molar-refractivity contribution >= 4 is 17.5 Å². The number of fused-ring (bicyclic) bond motifs is 1. The van der Waals surface area contributed by atoms with Crippen LogP contribution >= 0.6 is 11.6 Å². The van der Waals surface area contributed by atoms with Crippen molar-refractivity contribution in [2.75, 3.05) is 6.54 Å². The maximum atomic E-state index is 12.6. The lowest BCUT2D eigenvalue weighted by Crippen LogP contribution is -2.52. The summed E-state index contributed by atoms with van der Waals surface area (Å²) in [5.74, 6) is 1.62. The van der Waals surface area contributed by atoms with Gasteiger partial charge in [0.15, 0.2) is 0 Å². The molecular weight excluding hydrogens is 350 g/mol. The Hall–Kier alpha value is -1.92. The molecule has 26 heavy (non-hydrogen) atoms. The van der Waals surface area contributed by atoms with E-state index in [1.165, 1.54) is 5.56 Å². The molecule has 0 bridgehead atoms. The summed E-state index contributed by atoms with van der Waals surface area (Å²) in [6.45, 7) is 1.73. The third kappa shape index (κ3) is 4.07. The van der Waals surface area contributed by atoms with Gasteiger partial charge in [-0.1, -0.05) is 23.7 Å². The molecule has 1 saturated heterocycles. The van der Waals surface area contributed by atoms with Crippen molar-refractivity contribution in [3.05, 3.63) is 47.0 Å². The topological polar surface area (TPSA) is 71.8 Å². The third-order valence-electron chi connectivity index (χ3n) is 5.46. The molecule has 0 radical (unpaired) electrons. The molecule has 3 unspecified atom stereocenters. The van der Waals surface area contributed by atoms with E-state index in [-0.39, 0.29) is 18.0 Å². The molecule has 0 aliphatic carbocycles. The van der Waals surface area contributed by atoms with Gasteiger partial charge < -0.3 is 9.88 Å². The van der Waals surface area contributed by atoms with Gasteiger partial charge in [-0.2, -0.15) is 0 Å². The monoisotopic (exact) mass is 373 g/mol. The number of aryl methyl sites for hydroxylation is 1. The van der Waals surface area contributed by atoms with Crippen LogP contribution in [0.2, 0.25) is 5.02 Å². The molecule has 2 aliphatic heterocycles. The first kappa shape index (κ1) is 17.5. The summed E-state index contributed by atoms with van der Waals surface area (Å²) in [5.41, 5.74) is 1.28. The quantitative estimate of drug-likeness (QED) is 0.861. The number of nitrogens with zero attached hydrogens (tertiary/aromatic N) is 3. The molecule has 1 fully saturated rings. The van der Waals surface area contributed by atoms with Crippen LogP contribution in [0.5, 0.6) is 0 Å². The SMILES string of the molecule is O=C(NC1CCC(Cc2cccc(Cl)c2)CN1)C1CCn2cnnc2C1. The Morgan fingerprint density at radius 1 is 1.35 bits per heavy atom. The van der Waals surface area contributed by atoms with E-state index >= 15 is 0 Å².